The lowest BCUT2D eigenvalue weighted by molar-refractivity contribution is -0.0314. The zero-order valence-corrected chi connectivity index (χ0v) is 12.9. The summed E-state index contributed by atoms with van der Waals surface area (Å²) < 4.78 is 10.4. The summed E-state index contributed by atoms with van der Waals surface area (Å²) in [6, 6.07) is 0. The highest BCUT2D eigenvalue weighted by Gasteiger charge is 2.24. The van der Waals surface area contributed by atoms with Crippen LogP contribution in [0, 0.1) is 11.8 Å². The van der Waals surface area contributed by atoms with E-state index in [-0.39, 0.29) is 12.7 Å². The van der Waals surface area contributed by atoms with Gasteiger partial charge < -0.3 is 25.0 Å². The minimum absolute atomic E-state index is 0.00626. The Morgan fingerprint density at radius 1 is 1.20 bits per heavy atom. The Balaban J connectivity index is 2.09. The van der Waals surface area contributed by atoms with Crippen molar-refractivity contribution in [1.82, 2.24) is 5.32 Å². The third-order valence-corrected chi connectivity index (χ3v) is 4.06. The van der Waals surface area contributed by atoms with E-state index in [2.05, 4.69) is 5.32 Å². The molecular weight excluding hydrogens is 258 g/mol. The second-order valence-electron chi connectivity index (χ2n) is 5.90. The lowest BCUT2D eigenvalue weighted by atomic mass is 9.79. The minimum Gasteiger partial charge on any atom is -0.396 e. The van der Waals surface area contributed by atoms with Crippen molar-refractivity contribution in [2.75, 3.05) is 40.0 Å². The summed E-state index contributed by atoms with van der Waals surface area (Å²) >= 11 is 0. The van der Waals surface area contributed by atoms with Crippen molar-refractivity contribution >= 4 is 0 Å². The summed E-state index contributed by atoms with van der Waals surface area (Å²) in [5, 5.41) is 22.5. The quantitative estimate of drug-likeness (QED) is 0.554. The maximum atomic E-state index is 9.84. The molecule has 20 heavy (non-hydrogen) atoms. The fourth-order valence-electron chi connectivity index (χ4n) is 2.85. The number of aliphatic hydroxyl groups is 2. The molecule has 1 fully saturated rings. The molecule has 0 spiro atoms. The van der Waals surface area contributed by atoms with Gasteiger partial charge in [-0.3, -0.25) is 0 Å². The van der Waals surface area contributed by atoms with Crippen molar-refractivity contribution in [1.29, 1.82) is 0 Å². The standard InChI is InChI=1S/C15H31NO4/c1-12(10-19-2)20-11-15(18)8-16-7-13-5-3-4-6-14(13)9-17/h12-18H,3-11H2,1-2H3. The molecule has 1 rings (SSSR count). The van der Waals surface area contributed by atoms with Gasteiger partial charge in [-0.25, -0.2) is 0 Å². The molecule has 0 aliphatic heterocycles. The molecular formula is C15H31NO4. The van der Waals surface area contributed by atoms with Gasteiger partial charge in [0, 0.05) is 20.3 Å². The van der Waals surface area contributed by atoms with E-state index in [1.165, 1.54) is 19.3 Å². The van der Waals surface area contributed by atoms with Crippen molar-refractivity contribution in [3.63, 3.8) is 0 Å². The largest absolute Gasteiger partial charge is 0.396 e. The molecule has 1 saturated carbocycles. The molecule has 0 amide bonds. The van der Waals surface area contributed by atoms with Crippen molar-refractivity contribution < 1.29 is 19.7 Å². The van der Waals surface area contributed by atoms with Gasteiger partial charge in [0.05, 0.1) is 25.4 Å². The molecule has 5 heteroatoms. The molecule has 3 N–H and O–H groups in total. The van der Waals surface area contributed by atoms with Gasteiger partial charge in [0.25, 0.3) is 0 Å². The van der Waals surface area contributed by atoms with Gasteiger partial charge in [0.15, 0.2) is 0 Å². The molecule has 120 valence electrons. The van der Waals surface area contributed by atoms with E-state index >= 15 is 0 Å². The highest BCUT2D eigenvalue weighted by molar-refractivity contribution is 4.77. The number of nitrogens with one attached hydrogen (secondary N) is 1. The van der Waals surface area contributed by atoms with Crippen LogP contribution >= 0.6 is 0 Å². The Bertz CT molecular complexity index is 240. The van der Waals surface area contributed by atoms with E-state index in [4.69, 9.17) is 9.47 Å². The Hall–Kier alpha value is -0.200. The molecule has 0 aromatic heterocycles. The molecule has 4 unspecified atom stereocenters. The van der Waals surface area contributed by atoms with Gasteiger partial charge in [-0.05, 0) is 38.1 Å². The van der Waals surface area contributed by atoms with E-state index in [9.17, 15) is 10.2 Å². The third kappa shape index (κ3) is 6.99. The average Bonchev–Trinajstić information content (AvgIpc) is 2.46. The first-order chi connectivity index (χ1) is 9.67. The number of aliphatic hydroxyl groups excluding tert-OH is 2. The van der Waals surface area contributed by atoms with Crippen LogP contribution in [0.25, 0.3) is 0 Å². The fraction of sp³-hybridized carbons (Fsp3) is 1.00. The van der Waals surface area contributed by atoms with Crippen LogP contribution in [0.1, 0.15) is 32.6 Å². The van der Waals surface area contributed by atoms with E-state index in [0.29, 0.717) is 31.6 Å². The first-order valence-electron chi connectivity index (χ1n) is 7.77. The van der Waals surface area contributed by atoms with E-state index in [0.717, 1.165) is 13.0 Å². The smallest absolute Gasteiger partial charge is 0.0897 e. The Kier molecular flexibility index (Phi) is 9.39. The van der Waals surface area contributed by atoms with Crippen molar-refractivity contribution in [2.45, 2.75) is 44.8 Å². The molecule has 4 atom stereocenters. The van der Waals surface area contributed by atoms with Crippen molar-refractivity contribution in [3.8, 4) is 0 Å². The SMILES string of the molecule is COCC(C)OCC(O)CNCC1CCCCC1CO. The maximum absolute atomic E-state index is 9.84. The number of ether oxygens (including phenoxy) is 2. The van der Waals surface area contributed by atoms with E-state index in [1.54, 1.807) is 7.11 Å². The molecule has 0 aromatic rings. The van der Waals surface area contributed by atoms with Crippen LogP contribution in [0.4, 0.5) is 0 Å². The topological polar surface area (TPSA) is 71.0 Å². The summed E-state index contributed by atoms with van der Waals surface area (Å²) in [5.74, 6) is 0.959. The van der Waals surface area contributed by atoms with Crippen LogP contribution < -0.4 is 5.32 Å². The van der Waals surface area contributed by atoms with E-state index in [1.807, 2.05) is 6.92 Å². The zero-order chi connectivity index (χ0) is 14.8. The van der Waals surface area contributed by atoms with Gasteiger partial charge in [-0.1, -0.05) is 12.8 Å². The third-order valence-electron chi connectivity index (χ3n) is 4.06. The molecule has 0 bridgehead atoms. The van der Waals surface area contributed by atoms with Gasteiger partial charge in [-0.15, -0.1) is 0 Å². The number of hydrogen-bond donors (Lipinski definition) is 3. The summed E-state index contributed by atoms with van der Waals surface area (Å²) in [6.45, 7) is 4.49. The van der Waals surface area contributed by atoms with Gasteiger partial charge in [0.2, 0.25) is 0 Å². The van der Waals surface area contributed by atoms with Gasteiger partial charge in [0.1, 0.15) is 0 Å². The van der Waals surface area contributed by atoms with Crippen LogP contribution in [0.5, 0.6) is 0 Å². The summed E-state index contributed by atoms with van der Waals surface area (Å²) in [4.78, 5) is 0. The second-order valence-corrected chi connectivity index (χ2v) is 5.90. The Morgan fingerprint density at radius 2 is 1.90 bits per heavy atom. The number of hydrogen-bond acceptors (Lipinski definition) is 5. The normalized spacial score (nSPS) is 26.4. The van der Waals surface area contributed by atoms with E-state index < -0.39 is 6.10 Å². The average molecular weight is 289 g/mol. The summed E-state index contributed by atoms with van der Waals surface area (Å²) in [6.07, 6.45) is 4.30. The first kappa shape index (κ1) is 17.9. The lowest BCUT2D eigenvalue weighted by Gasteiger charge is -2.30. The fourth-order valence-corrected chi connectivity index (χ4v) is 2.85. The molecule has 0 heterocycles. The van der Waals surface area contributed by atoms with Crippen LogP contribution in [-0.2, 0) is 9.47 Å². The van der Waals surface area contributed by atoms with Crippen LogP contribution in [0.15, 0.2) is 0 Å². The minimum atomic E-state index is -0.495. The predicted octanol–water partition coefficient (Wildman–Crippen LogP) is 0.787. The molecule has 0 saturated heterocycles. The molecule has 5 nitrogen and oxygen atoms in total. The summed E-state index contributed by atoms with van der Waals surface area (Å²) in [5.41, 5.74) is 0. The van der Waals surface area contributed by atoms with Crippen molar-refractivity contribution in [2.24, 2.45) is 11.8 Å². The second kappa shape index (κ2) is 10.5. The van der Waals surface area contributed by atoms with Gasteiger partial charge in [-0.2, -0.15) is 0 Å². The summed E-state index contributed by atoms with van der Waals surface area (Å²) in [7, 11) is 1.64. The van der Waals surface area contributed by atoms with Crippen molar-refractivity contribution in [3.05, 3.63) is 0 Å². The lowest BCUT2D eigenvalue weighted by Crippen LogP contribution is -2.37. The Labute approximate surface area is 122 Å². The number of methoxy groups -OCH3 is 1. The predicted molar refractivity (Wildman–Crippen MR) is 78.7 cm³/mol. The number of rotatable bonds is 10. The highest BCUT2D eigenvalue weighted by atomic mass is 16.5. The molecule has 0 aromatic carbocycles. The zero-order valence-electron chi connectivity index (χ0n) is 12.9. The first-order valence-corrected chi connectivity index (χ1v) is 7.77. The molecule has 0 radical (unpaired) electrons. The monoisotopic (exact) mass is 289 g/mol. The maximum Gasteiger partial charge on any atom is 0.0897 e. The van der Waals surface area contributed by atoms with Crippen LogP contribution in [-0.4, -0.2) is 62.4 Å². The van der Waals surface area contributed by atoms with Crippen LogP contribution in [0.3, 0.4) is 0 Å². The van der Waals surface area contributed by atoms with Gasteiger partial charge >= 0.3 is 0 Å². The molecule has 1 aliphatic rings. The Morgan fingerprint density at radius 3 is 2.55 bits per heavy atom. The molecule has 1 aliphatic carbocycles. The van der Waals surface area contributed by atoms with Crippen LogP contribution in [0.2, 0.25) is 0 Å². The highest BCUT2D eigenvalue weighted by Crippen LogP contribution is 2.28.